The van der Waals surface area contributed by atoms with Crippen LogP contribution in [0.15, 0.2) is 23.2 Å². The van der Waals surface area contributed by atoms with Gasteiger partial charge < -0.3 is 5.32 Å². The highest BCUT2D eigenvalue weighted by Crippen LogP contribution is 2.27. The Bertz CT molecular complexity index is 406. The molecule has 0 saturated heterocycles. The van der Waals surface area contributed by atoms with Crippen LogP contribution < -0.4 is 5.32 Å². The van der Waals surface area contributed by atoms with E-state index in [4.69, 9.17) is 23.2 Å². The highest BCUT2D eigenvalue weighted by Gasteiger charge is 2.14. The highest BCUT2D eigenvalue weighted by atomic mass is 35.5. The molecule has 0 fully saturated rings. The van der Waals surface area contributed by atoms with Crippen molar-refractivity contribution in [2.75, 3.05) is 11.1 Å². The molecule has 1 aromatic carbocycles. The van der Waals surface area contributed by atoms with Crippen LogP contribution in [0.5, 0.6) is 0 Å². The van der Waals surface area contributed by atoms with E-state index >= 15 is 0 Å². The normalized spacial score (nSPS) is 20.2. The first-order valence-corrected chi connectivity index (χ1v) is 6.32. The SMILES string of the molecule is CC1CSC(Nc2ccc(Cl)cc2Cl)=N1. The third kappa shape index (κ3) is 2.80. The van der Waals surface area contributed by atoms with Crippen molar-refractivity contribution in [1.82, 2.24) is 0 Å². The third-order valence-corrected chi connectivity index (χ3v) is 3.65. The van der Waals surface area contributed by atoms with Gasteiger partial charge in [-0.15, -0.1) is 0 Å². The van der Waals surface area contributed by atoms with Crippen molar-refractivity contribution in [3.8, 4) is 0 Å². The lowest BCUT2D eigenvalue weighted by Gasteiger charge is -2.06. The number of aliphatic imine (C=N–C) groups is 1. The standard InChI is InChI=1S/C10H10Cl2N2S/c1-6-5-15-10(13-6)14-9-3-2-7(11)4-8(9)12/h2-4,6H,5H2,1H3,(H,13,14). The van der Waals surface area contributed by atoms with E-state index in [1.54, 1.807) is 23.9 Å². The molecule has 0 radical (unpaired) electrons. The summed E-state index contributed by atoms with van der Waals surface area (Å²) in [6, 6.07) is 5.76. The fourth-order valence-electron chi connectivity index (χ4n) is 1.25. The lowest BCUT2D eigenvalue weighted by atomic mass is 10.3. The molecule has 15 heavy (non-hydrogen) atoms. The average molecular weight is 261 g/mol. The number of rotatable bonds is 1. The van der Waals surface area contributed by atoms with Gasteiger partial charge in [0, 0.05) is 10.8 Å². The Kier molecular flexibility index (Phi) is 3.44. The minimum absolute atomic E-state index is 0.378. The molecule has 0 aromatic heterocycles. The second-order valence-electron chi connectivity index (χ2n) is 3.34. The molecule has 5 heteroatoms. The van der Waals surface area contributed by atoms with Gasteiger partial charge in [0.2, 0.25) is 0 Å². The zero-order chi connectivity index (χ0) is 10.8. The number of hydrogen-bond acceptors (Lipinski definition) is 3. The molecule has 0 bridgehead atoms. The van der Waals surface area contributed by atoms with Crippen molar-refractivity contribution < 1.29 is 0 Å². The van der Waals surface area contributed by atoms with E-state index in [1.807, 2.05) is 6.07 Å². The van der Waals surface area contributed by atoms with Gasteiger partial charge in [0.25, 0.3) is 0 Å². The number of hydrogen-bond donors (Lipinski definition) is 1. The predicted molar refractivity (Wildman–Crippen MR) is 69.4 cm³/mol. The van der Waals surface area contributed by atoms with Gasteiger partial charge in [-0.2, -0.15) is 0 Å². The van der Waals surface area contributed by atoms with E-state index in [-0.39, 0.29) is 0 Å². The lowest BCUT2D eigenvalue weighted by Crippen LogP contribution is -2.05. The second kappa shape index (κ2) is 4.64. The molecule has 80 valence electrons. The third-order valence-electron chi connectivity index (χ3n) is 1.97. The van der Waals surface area contributed by atoms with Crippen molar-refractivity contribution in [2.24, 2.45) is 4.99 Å². The van der Waals surface area contributed by atoms with Crippen molar-refractivity contribution in [1.29, 1.82) is 0 Å². The number of nitrogens with zero attached hydrogens (tertiary/aromatic N) is 1. The summed E-state index contributed by atoms with van der Waals surface area (Å²) in [5.41, 5.74) is 0.849. The van der Waals surface area contributed by atoms with E-state index in [0.717, 1.165) is 16.6 Å². The van der Waals surface area contributed by atoms with Gasteiger partial charge in [0.15, 0.2) is 5.17 Å². The van der Waals surface area contributed by atoms with E-state index in [1.165, 1.54) is 0 Å². The summed E-state index contributed by atoms with van der Waals surface area (Å²) < 4.78 is 0. The Labute approximate surface area is 103 Å². The molecular formula is C10H10Cl2N2S. The van der Waals surface area contributed by atoms with E-state index < -0.39 is 0 Å². The summed E-state index contributed by atoms with van der Waals surface area (Å²) in [7, 11) is 0. The van der Waals surface area contributed by atoms with Crippen LogP contribution in [0.1, 0.15) is 6.92 Å². The molecule has 1 aromatic rings. The largest absolute Gasteiger partial charge is 0.334 e. The summed E-state index contributed by atoms with van der Waals surface area (Å²) in [5.74, 6) is 1.02. The number of amidine groups is 1. The number of thioether (sulfide) groups is 1. The summed E-state index contributed by atoms with van der Waals surface area (Å²) in [6.45, 7) is 2.09. The van der Waals surface area contributed by atoms with Crippen molar-refractivity contribution >= 4 is 45.8 Å². The minimum Gasteiger partial charge on any atom is -0.334 e. The smallest absolute Gasteiger partial charge is 0.161 e. The molecule has 1 atom stereocenters. The molecule has 0 amide bonds. The van der Waals surface area contributed by atoms with Crippen LogP contribution in [0.2, 0.25) is 10.0 Å². The van der Waals surface area contributed by atoms with Crippen molar-refractivity contribution in [3.05, 3.63) is 28.2 Å². The fraction of sp³-hybridized carbons (Fsp3) is 0.300. The van der Waals surface area contributed by atoms with Crippen LogP contribution in [0.3, 0.4) is 0 Å². The summed E-state index contributed by atoms with van der Waals surface area (Å²) in [5, 5.41) is 5.37. The zero-order valence-electron chi connectivity index (χ0n) is 8.13. The molecule has 1 aliphatic rings. The maximum Gasteiger partial charge on any atom is 0.161 e. The maximum absolute atomic E-state index is 6.03. The van der Waals surface area contributed by atoms with Crippen LogP contribution in [0, 0.1) is 0 Å². The molecule has 1 heterocycles. The minimum atomic E-state index is 0.378. The van der Waals surface area contributed by atoms with E-state index in [9.17, 15) is 0 Å². The zero-order valence-corrected chi connectivity index (χ0v) is 10.5. The van der Waals surface area contributed by atoms with Gasteiger partial charge in [0.1, 0.15) is 0 Å². The maximum atomic E-state index is 6.03. The van der Waals surface area contributed by atoms with Gasteiger partial charge in [0.05, 0.1) is 16.8 Å². The van der Waals surface area contributed by atoms with Crippen LogP contribution in [0.4, 0.5) is 5.69 Å². The first-order valence-electron chi connectivity index (χ1n) is 4.58. The summed E-state index contributed by atoms with van der Waals surface area (Å²) in [4.78, 5) is 4.42. The predicted octanol–water partition coefficient (Wildman–Crippen LogP) is 3.90. The highest BCUT2D eigenvalue weighted by molar-refractivity contribution is 8.14. The second-order valence-corrected chi connectivity index (χ2v) is 5.20. The van der Waals surface area contributed by atoms with Crippen LogP contribution >= 0.6 is 35.0 Å². The molecular weight excluding hydrogens is 251 g/mol. The Hall–Kier alpha value is -0.380. The quantitative estimate of drug-likeness (QED) is 0.829. The molecule has 0 spiro atoms. The molecule has 1 unspecified atom stereocenters. The molecule has 2 nitrogen and oxygen atoms in total. The Balaban J connectivity index is 2.14. The van der Waals surface area contributed by atoms with Crippen LogP contribution in [-0.2, 0) is 0 Å². The molecule has 0 aliphatic carbocycles. The summed E-state index contributed by atoms with van der Waals surface area (Å²) in [6.07, 6.45) is 0. The Morgan fingerprint density at radius 3 is 2.87 bits per heavy atom. The molecule has 1 aliphatic heterocycles. The monoisotopic (exact) mass is 260 g/mol. The van der Waals surface area contributed by atoms with Crippen molar-refractivity contribution in [2.45, 2.75) is 13.0 Å². The first kappa shape index (κ1) is 11.1. The van der Waals surface area contributed by atoms with E-state index in [0.29, 0.717) is 16.1 Å². The first-order chi connectivity index (χ1) is 7.15. The van der Waals surface area contributed by atoms with Gasteiger partial charge in [-0.05, 0) is 25.1 Å². The van der Waals surface area contributed by atoms with Crippen molar-refractivity contribution in [3.63, 3.8) is 0 Å². The fourth-order valence-corrected chi connectivity index (χ4v) is 2.61. The topological polar surface area (TPSA) is 24.4 Å². The van der Waals surface area contributed by atoms with Gasteiger partial charge in [-0.3, -0.25) is 4.99 Å². The molecule has 2 rings (SSSR count). The number of halogens is 2. The summed E-state index contributed by atoms with van der Waals surface area (Å²) >= 11 is 13.5. The van der Waals surface area contributed by atoms with Crippen LogP contribution in [-0.4, -0.2) is 17.0 Å². The van der Waals surface area contributed by atoms with Gasteiger partial charge in [-0.25, -0.2) is 0 Å². The van der Waals surface area contributed by atoms with Gasteiger partial charge >= 0.3 is 0 Å². The van der Waals surface area contributed by atoms with Gasteiger partial charge in [-0.1, -0.05) is 35.0 Å². The number of anilines is 1. The van der Waals surface area contributed by atoms with Crippen LogP contribution in [0.25, 0.3) is 0 Å². The average Bonchev–Trinajstić information content (AvgIpc) is 2.56. The Morgan fingerprint density at radius 2 is 2.27 bits per heavy atom. The van der Waals surface area contributed by atoms with E-state index in [2.05, 4.69) is 17.2 Å². The number of nitrogens with one attached hydrogen (secondary N) is 1. The Morgan fingerprint density at radius 1 is 1.47 bits per heavy atom. The molecule has 1 N–H and O–H groups in total. The lowest BCUT2D eigenvalue weighted by molar-refractivity contribution is 0.865. The molecule has 0 saturated carbocycles. The number of benzene rings is 1.